The lowest BCUT2D eigenvalue weighted by molar-refractivity contribution is 0.0879. The predicted molar refractivity (Wildman–Crippen MR) is 101 cm³/mol. The fourth-order valence-corrected chi connectivity index (χ4v) is 2.60. The Morgan fingerprint density at radius 3 is 1.43 bits per heavy atom. The van der Waals surface area contributed by atoms with Crippen molar-refractivity contribution in [2.75, 3.05) is 0 Å². The summed E-state index contributed by atoms with van der Waals surface area (Å²) in [5.74, 6) is -1.62. The molecule has 6 heteroatoms. The van der Waals surface area contributed by atoms with E-state index in [-0.39, 0.29) is 35.4 Å². The van der Waals surface area contributed by atoms with Crippen molar-refractivity contribution in [1.82, 2.24) is 9.97 Å². The molecule has 0 atom stereocenters. The van der Waals surface area contributed by atoms with Gasteiger partial charge < -0.3 is 0 Å². The second-order valence-corrected chi connectivity index (χ2v) is 6.06. The zero-order valence-electron chi connectivity index (χ0n) is 14.9. The summed E-state index contributed by atoms with van der Waals surface area (Å²) in [4.78, 5) is 57.0. The van der Waals surface area contributed by atoms with Crippen LogP contribution in [-0.4, -0.2) is 33.1 Å². The molecule has 28 heavy (non-hydrogen) atoms. The van der Waals surface area contributed by atoms with Crippen molar-refractivity contribution in [3.63, 3.8) is 0 Å². The molecule has 6 nitrogen and oxygen atoms in total. The molecule has 0 saturated carbocycles. The Morgan fingerprint density at radius 2 is 1.04 bits per heavy atom. The van der Waals surface area contributed by atoms with Crippen LogP contribution in [0.3, 0.4) is 0 Å². The summed E-state index contributed by atoms with van der Waals surface area (Å²) < 4.78 is 0. The van der Waals surface area contributed by atoms with Crippen LogP contribution in [0.25, 0.3) is 0 Å². The van der Waals surface area contributed by atoms with Crippen molar-refractivity contribution in [3.8, 4) is 0 Å². The molecular weight excluding hydrogens is 356 g/mol. The largest absolute Gasteiger partial charge is 0.294 e. The van der Waals surface area contributed by atoms with Gasteiger partial charge in [-0.25, -0.2) is 0 Å². The molecule has 0 fully saturated rings. The number of hydrogen-bond donors (Lipinski definition) is 0. The van der Waals surface area contributed by atoms with Crippen LogP contribution in [0.2, 0.25) is 0 Å². The van der Waals surface area contributed by atoms with Gasteiger partial charge in [-0.1, -0.05) is 30.3 Å². The molecule has 3 aromatic rings. The third kappa shape index (κ3) is 4.67. The standard InChI is InChI=1S/C22H16N2O4/c25-19(13-21(27)17-8-1-3-10-23-17)15-6-5-7-16(12-15)20(26)14-22(28)18-9-2-4-11-24-18/h1-12H,13-14H2. The molecule has 1 aromatic carbocycles. The highest BCUT2D eigenvalue weighted by molar-refractivity contribution is 6.15. The van der Waals surface area contributed by atoms with Gasteiger partial charge in [0.05, 0.1) is 12.8 Å². The van der Waals surface area contributed by atoms with E-state index >= 15 is 0 Å². The number of carbonyl (C=O) groups is 4. The van der Waals surface area contributed by atoms with E-state index < -0.39 is 23.1 Å². The minimum Gasteiger partial charge on any atom is -0.294 e. The number of hydrogen-bond acceptors (Lipinski definition) is 6. The lowest BCUT2D eigenvalue weighted by Crippen LogP contribution is -2.12. The summed E-state index contributed by atoms with van der Waals surface area (Å²) in [5.41, 5.74) is 0.897. The van der Waals surface area contributed by atoms with Crippen molar-refractivity contribution in [2.24, 2.45) is 0 Å². The fraction of sp³-hybridized carbons (Fsp3) is 0.0909. The second kappa shape index (κ2) is 8.73. The molecule has 0 unspecified atom stereocenters. The molecular formula is C22H16N2O4. The van der Waals surface area contributed by atoms with Gasteiger partial charge >= 0.3 is 0 Å². The van der Waals surface area contributed by atoms with Gasteiger partial charge in [0.2, 0.25) is 0 Å². The summed E-state index contributed by atoms with van der Waals surface area (Å²) in [7, 11) is 0. The topological polar surface area (TPSA) is 94.1 Å². The highest BCUT2D eigenvalue weighted by Crippen LogP contribution is 2.13. The first-order valence-corrected chi connectivity index (χ1v) is 8.59. The van der Waals surface area contributed by atoms with Crippen molar-refractivity contribution in [3.05, 3.63) is 95.6 Å². The Balaban J connectivity index is 1.69. The van der Waals surface area contributed by atoms with Crippen LogP contribution in [0.15, 0.2) is 73.1 Å². The maximum absolute atomic E-state index is 12.4. The molecule has 2 heterocycles. The van der Waals surface area contributed by atoms with E-state index in [2.05, 4.69) is 9.97 Å². The van der Waals surface area contributed by atoms with Gasteiger partial charge in [0, 0.05) is 23.5 Å². The Labute approximate surface area is 161 Å². The molecule has 0 aliphatic carbocycles. The number of carbonyl (C=O) groups excluding carboxylic acids is 4. The quantitative estimate of drug-likeness (QED) is 0.444. The Kier molecular flexibility index (Phi) is 5.91. The minimum atomic E-state index is -0.415. The predicted octanol–water partition coefficient (Wildman–Crippen LogP) is 3.39. The average molecular weight is 372 g/mol. The number of rotatable bonds is 8. The molecule has 138 valence electrons. The minimum absolute atomic E-state index is 0.212. The molecule has 2 aromatic heterocycles. The molecule has 0 aliphatic heterocycles. The summed E-state index contributed by atoms with van der Waals surface area (Å²) >= 11 is 0. The van der Waals surface area contributed by atoms with Crippen LogP contribution in [0, 0.1) is 0 Å². The SMILES string of the molecule is O=C(CC(=O)c1ccccn1)c1cccc(C(=O)CC(=O)c2ccccn2)c1. The number of Topliss-reactive ketones (excluding diaryl/α,β-unsaturated/α-hetero) is 4. The van der Waals surface area contributed by atoms with Gasteiger partial charge in [-0.05, 0) is 30.3 Å². The number of nitrogens with zero attached hydrogens (tertiary/aromatic N) is 2. The van der Waals surface area contributed by atoms with Crippen molar-refractivity contribution in [2.45, 2.75) is 12.8 Å². The Bertz CT molecular complexity index is 950. The van der Waals surface area contributed by atoms with Gasteiger partial charge in [0.25, 0.3) is 0 Å². The van der Waals surface area contributed by atoms with Gasteiger partial charge in [0.1, 0.15) is 11.4 Å². The van der Waals surface area contributed by atoms with Crippen LogP contribution in [0.5, 0.6) is 0 Å². The zero-order chi connectivity index (χ0) is 19.9. The molecule has 3 rings (SSSR count). The molecule has 0 amide bonds. The van der Waals surface area contributed by atoms with Gasteiger partial charge in [-0.15, -0.1) is 0 Å². The molecule has 0 aliphatic rings. The first-order chi connectivity index (χ1) is 13.5. The highest BCUT2D eigenvalue weighted by Gasteiger charge is 2.18. The monoisotopic (exact) mass is 372 g/mol. The lowest BCUT2D eigenvalue weighted by atomic mass is 9.98. The van der Waals surface area contributed by atoms with E-state index in [0.29, 0.717) is 0 Å². The van der Waals surface area contributed by atoms with Crippen LogP contribution in [-0.2, 0) is 0 Å². The van der Waals surface area contributed by atoms with Crippen LogP contribution < -0.4 is 0 Å². The second-order valence-electron chi connectivity index (χ2n) is 6.06. The van der Waals surface area contributed by atoms with E-state index in [0.717, 1.165) is 0 Å². The molecule has 0 saturated heterocycles. The Hall–Kier alpha value is -3.80. The highest BCUT2D eigenvalue weighted by atomic mass is 16.2. The maximum Gasteiger partial charge on any atom is 0.188 e. The van der Waals surface area contributed by atoms with Crippen molar-refractivity contribution in [1.29, 1.82) is 0 Å². The number of benzene rings is 1. The lowest BCUT2D eigenvalue weighted by Gasteiger charge is -2.04. The summed E-state index contributed by atoms with van der Waals surface area (Å²) in [6, 6.07) is 15.8. The zero-order valence-corrected chi connectivity index (χ0v) is 14.9. The van der Waals surface area contributed by atoms with Gasteiger partial charge in [-0.2, -0.15) is 0 Å². The third-order valence-corrected chi connectivity index (χ3v) is 4.05. The first-order valence-electron chi connectivity index (χ1n) is 8.59. The number of ketones is 4. The normalized spacial score (nSPS) is 10.3. The summed E-state index contributed by atoms with van der Waals surface area (Å²) in [5, 5.41) is 0. The van der Waals surface area contributed by atoms with E-state index in [1.54, 1.807) is 42.5 Å². The van der Waals surface area contributed by atoms with Gasteiger partial charge in [-0.3, -0.25) is 29.1 Å². The van der Waals surface area contributed by atoms with E-state index in [9.17, 15) is 19.2 Å². The van der Waals surface area contributed by atoms with Crippen molar-refractivity contribution >= 4 is 23.1 Å². The van der Waals surface area contributed by atoms with Crippen LogP contribution >= 0.6 is 0 Å². The Morgan fingerprint density at radius 1 is 0.571 bits per heavy atom. The maximum atomic E-state index is 12.4. The molecule has 0 radical (unpaired) electrons. The smallest absolute Gasteiger partial charge is 0.188 e. The molecule has 0 bridgehead atoms. The molecule has 0 spiro atoms. The third-order valence-electron chi connectivity index (χ3n) is 4.05. The van der Waals surface area contributed by atoms with E-state index in [4.69, 9.17) is 0 Å². The van der Waals surface area contributed by atoms with E-state index in [1.165, 1.54) is 30.6 Å². The van der Waals surface area contributed by atoms with Gasteiger partial charge in [0.15, 0.2) is 23.1 Å². The van der Waals surface area contributed by atoms with Crippen LogP contribution in [0.4, 0.5) is 0 Å². The number of pyridine rings is 2. The van der Waals surface area contributed by atoms with Crippen LogP contribution in [0.1, 0.15) is 54.5 Å². The summed E-state index contributed by atoms with van der Waals surface area (Å²) in [6.07, 6.45) is 2.27. The summed E-state index contributed by atoms with van der Waals surface area (Å²) in [6.45, 7) is 0. The number of aromatic nitrogens is 2. The van der Waals surface area contributed by atoms with E-state index in [1.807, 2.05) is 0 Å². The average Bonchev–Trinajstić information content (AvgIpc) is 2.75. The fourth-order valence-electron chi connectivity index (χ4n) is 2.60. The van der Waals surface area contributed by atoms with Crippen molar-refractivity contribution < 1.29 is 19.2 Å². The first kappa shape index (κ1) is 19.0. The molecule has 0 N–H and O–H groups in total.